The van der Waals surface area contributed by atoms with Gasteiger partial charge in [-0.15, -0.1) is 11.8 Å². The average Bonchev–Trinajstić information content (AvgIpc) is 2.74. The minimum Gasteiger partial charge on any atom is -0.457 e. The van der Waals surface area contributed by atoms with Crippen LogP contribution >= 0.6 is 11.8 Å². The molecule has 0 aliphatic heterocycles. The predicted octanol–water partition coefficient (Wildman–Crippen LogP) is 5.42. The summed E-state index contributed by atoms with van der Waals surface area (Å²) in [7, 11) is 0. The Morgan fingerprint density at radius 3 is 2.69 bits per heavy atom. The van der Waals surface area contributed by atoms with E-state index in [-0.39, 0.29) is 6.79 Å². The van der Waals surface area contributed by atoms with Crippen molar-refractivity contribution in [2.24, 2.45) is 0 Å². The Bertz CT molecular complexity index is 1050. The summed E-state index contributed by atoms with van der Waals surface area (Å²) in [5.41, 5.74) is 1.31. The highest BCUT2D eigenvalue weighted by atomic mass is 32.2. The summed E-state index contributed by atoms with van der Waals surface area (Å²) < 4.78 is 15.6. The van der Waals surface area contributed by atoms with E-state index in [0.29, 0.717) is 16.9 Å². The van der Waals surface area contributed by atoms with Crippen LogP contribution in [0.2, 0.25) is 0 Å². The van der Waals surface area contributed by atoms with Gasteiger partial charge in [0.15, 0.2) is 0 Å². The first-order valence-corrected chi connectivity index (χ1v) is 10.3. The quantitative estimate of drug-likeness (QED) is 0.117. The summed E-state index contributed by atoms with van der Waals surface area (Å²) in [5.74, 6) is 0.945. The first kappa shape index (κ1) is 20.7. The van der Waals surface area contributed by atoms with E-state index in [2.05, 4.69) is 13.5 Å². The molecule has 0 unspecified atom stereocenters. The highest BCUT2D eigenvalue weighted by Gasteiger charge is 2.09. The molecule has 0 amide bonds. The molecule has 0 fully saturated rings. The van der Waals surface area contributed by atoms with E-state index in [1.54, 1.807) is 18.2 Å². The minimum absolute atomic E-state index is 0.249. The van der Waals surface area contributed by atoms with Crippen molar-refractivity contribution < 1.29 is 18.7 Å². The molecule has 3 aromatic rings. The topological polar surface area (TPSA) is 65.7 Å². The van der Waals surface area contributed by atoms with E-state index in [1.807, 2.05) is 42.1 Å². The summed E-state index contributed by atoms with van der Waals surface area (Å²) >= 11 is 1.81. The second-order valence-corrected chi connectivity index (χ2v) is 7.47. The number of hydrogen-bond donors (Lipinski definition) is 0. The van der Waals surface area contributed by atoms with Gasteiger partial charge in [0, 0.05) is 22.4 Å². The van der Waals surface area contributed by atoms with Gasteiger partial charge in [0.25, 0.3) is 0 Å². The third-order valence-electron chi connectivity index (χ3n) is 4.23. The Balaban J connectivity index is 1.77. The highest BCUT2D eigenvalue weighted by molar-refractivity contribution is 7.99. The summed E-state index contributed by atoms with van der Waals surface area (Å²) in [6.07, 6.45) is 3.42. The van der Waals surface area contributed by atoms with Gasteiger partial charge in [-0.05, 0) is 48.1 Å². The molecule has 0 N–H and O–H groups in total. The molecule has 2 aromatic carbocycles. The second-order valence-electron chi connectivity index (χ2n) is 6.30. The van der Waals surface area contributed by atoms with Crippen molar-refractivity contribution in [2.45, 2.75) is 24.7 Å². The summed E-state index contributed by atoms with van der Waals surface area (Å²) in [6.45, 7) is 5.24. The fraction of sp³-hybridized carbons (Fsp3) is 0.217. The first-order valence-electron chi connectivity index (χ1n) is 9.34. The van der Waals surface area contributed by atoms with Crippen LogP contribution < -0.4 is 10.4 Å². The van der Waals surface area contributed by atoms with Gasteiger partial charge < -0.3 is 13.9 Å². The van der Waals surface area contributed by atoms with Crippen LogP contribution in [-0.2, 0) is 9.53 Å². The van der Waals surface area contributed by atoms with Crippen LogP contribution in [0.25, 0.3) is 22.1 Å². The molecule has 0 radical (unpaired) electrons. The van der Waals surface area contributed by atoms with Crippen molar-refractivity contribution in [1.82, 2.24) is 0 Å². The lowest BCUT2D eigenvalue weighted by Gasteiger charge is -2.08. The van der Waals surface area contributed by atoms with Gasteiger partial charge in [0.05, 0.1) is 5.56 Å². The average molecular weight is 410 g/mol. The molecule has 29 heavy (non-hydrogen) atoms. The maximum absolute atomic E-state index is 12.5. The number of unbranched alkanes of at least 4 members (excludes halogenated alkanes) is 1. The molecule has 0 aliphatic rings. The highest BCUT2D eigenvalue weighted by Crippen LogP contribution is 2.27. The standard InChI is InChI=1S/C23H22O5S/c1-3-5-12-29-19-10-7-16(8-11-19)20-13-17-6-9-18(14-21(17)28-23(20)25)26-15-27-22(24)4-2/h4,6-11,13-14H,2-3,5,12,15H2,1H3. The predicted molar refractivity (Wildman–Crippen MR) is 115 cm³/mol. The molecule has 1 heterocycles. The lowest BCUT2D eigenvalue weighted by atomic mass is 10.1. The number of ether oxygens (including phenoxy) is 2. The maximum atomic E-state index is 12.5. The zero-order valence-electron chi connectivity index (χ0n) is 16.2. The molecule has 3 rings (SSSR count). The normalized spacial score (nSPS) is 10.7. The van der Waals surface area contributed by atoms with E-state index in [0.717, 1.165) is 22.8 Å². The van der Waals surface area contributed by atoms with Crippen LogP contribution in [0.1, 0.15) is 19.8 Å². The summed E-state index contributed by atoms with van der Waals surface area (Å²) in [6, 6.07) is 14.9. The Hall–Kier alpha value is -2.99. The molecule has 0 atom stereocenters. The molecule has 0 aliphatic carbocycles. The van der Waals surface area contributed by atoms with Crippen molar-refractivity contribution in [1.29, 1.82) is 0 Å². The van der Waals surface area contributed by atoms with E-state index >= 15 is 0 Å². The Morgan fingerprint density at radius 2 is 1.97 bits per heavy atom. The molecule has 0 spiro atoms. The lowest BCUT2D eigenvalue weighted by molar-refractivity contribution is -0.144. The molecule has 6 heteroatoms. The molecular weight excluding hydrogens is 388 g/mol. The van der Waals surface area contributed by atoms with Crippen LogP contribution in [0.3, 0.4) is 0 Å². The minimum atomic E-state index is -0.572. The first-order chi connectivity index (χ1) is 14.1. The molecule has 0 saturated heterocycles. The number of carbonyl (C=O) groups is 1. The number of hydrogen-bond acceptors (Lipinski definition) is 6. The van der Waals surface area contributed by atoms with Crippen molar-refractivity contribution in [3.8, 4) is 16.9 Å². The van der Waals surface area contributed by atoms with Crippen LogP contribution in [0.5, 0.6) is 5.75 Å². The van der Waals surface area contributed by atoms with Gasteiger partial charge in [0.2, 0.25) is 6.79 Å². The van der Waals surface area contributed by atoms with Crippen molar-refractivity contribution in [3.05, 3.63) is 71.6 Å². The van der Waals surface area contributed by atoms with Crippen LogP contribution in [-0.4, -0.2) is 18.5 Å². The summed E-state index contributed by atoms with van der Waals surface area (Å²) in [4.78, 5) is 24.7. The third kappa shape index (κ3) is 5.51. The molecule has 5 nitrogen and oxygen atoms in total. The maximum Gasteiger partial charge on any atom is 0.344 e. The Labute approximate surface area is 173 Å². The number of esters is 1. The van der Waals surface area contributed by atoms with Gasteiger partial charge in [-0.25, -0.2) is 9.59 Å². The Kier molecular flexibility index (Phi) is 7.14. The monoisotopic (exact) mass is 410 g/mol. The van der Waals surface area contributed by atoms with Crippen LogP contribution in [0.15, 0.2) is 75.3 Å². The fourth-order valence-corrected chi connectivity index (χ4v) is 3.66. The molecule has 150 valence electrons. The largest absolute Gasteiger partial charge is 0.457 e. The van der Waals surface area contributed by atoms with Gasteiger partial charge in [0.1, 0.15) is 11.3 Å². The number of fused-ring (bicyclic) bond motifs is 1. The van der Waals surface area contributed by atoms with Crippen molar-refractivity contribution in [3.63, 3.8) is 0 Å². The number of carbonyl (C=O) groups excluding carboxylic acids is 1. The Morgan fingerprint density at radius 1 is 1.17 bits per heavy atom. The van der Waals surface area contributed by atoms with E-state index in [9.17, 15) is 9.59 Å². The fourth-order valence-electron chi connectivity index (χ4n) is 2.66. The van der Waals surface area contributed by atoms with E-state index in [1.165, 1.54) is 17.7 Å². The number of benzene rings is 2. The molecular formula is C23H22O5S. The molecule has 0 saturated carbocycles. The van der Waals surface area contributed by atoms with Gasteiger partial charge in [-0.2, -0.15) is 0 Å². The lowest BCUT2D eigenvalue weighted by Crippen LogP contribution is -2.07. The van der Waals surface area contributed by atoms with Crippen LogP contribution in [0.4, 0.5) is 0 Å². The van der Waals surface area contributed by atoms with E-state index in [4.69, 9.17) is 13.9 Å². The molecule has 0 bridgehead atoms. The molecule has 1 aromatic heterocycles. The zero-order chi connectivity index (χ0) is 20.6. The van der Waals surface area contributed by atoms with Crippen molar-refractivity contribution in [2.75, 3.05) is 12.5 Å². The third-order valence-corrected chi connectivity index (χ3v) is 5.33. The SMILES string of the molecule is C=CC(=O)OCOc1ccc2cc(-c3ccc(SCCCC)cc3)c(=O)oc2c1. The summed E-state index contributed by atoms with van der Waals surface area (Å²) in [5, 5.41) is 0.774. The number of thioether (sulfide) groups is 1. The van der Waals surface area contributed by atoms with Crippen molar-refractivity contribution >= 4 is 28.7 Å². The van der Waals surface area contributed by atoms with Gasteiger partial charge in [-0.1, -0.05) is 32.1 Å². The number of rotatable bonds is 9. The smallest absolute Gasteiger partial charge is 0.344 e. The zero-order valence-corrected chi connectivity index (χ0v) is 17.0. The van der Waals surface area contributed by atoms with Gasteiger partial charge in [-0.3, -0.25) is 0 Å². The van der Waals surface area contributed by atoms with E-state index < -0.39 is 11.6 Å². The van der Waals surface area contributed by atoms with Crippen LogP contribution in [0, 0.1) is 0 Å². The second kappa shape index (κ2) is 9.98. The van der Waals surface area contributed by atoms with Gasteiger partial charge >= 0.3 is 11.6 Å².